The lowest BCUT2D eigenvalue weighted by molar-refractivity contribution is -0.136. The smallest absolute Gasteiger partial charge is 0.225 e. The average Bonchev–Trinajstić information content (AvgIpc) is 3.50. The first-order chi connectivity index (χ1) is 18.2. The van der Waals surface area contributed by atoms with Gasteiger partial charge in [-0.15, -0.1) is 0 Å². The van der Waals surface area contributed by atoms with Crippen molar-refractivity contribution >= 4 is 34.7 Å². The second kappa shape index (κ2) is 10.8. The molecular formula is C26H32F3N7O2. The Morgan fingerprint density at radius 1 is 1.08 bits per heavy atom. The molecule has 2 N–H and O–H groups in total. The molecule has 204 valence electrons. The van der Waals surface area contributed by atoms with E-state index in [0.29, 0.717) is 68.0 Å². The molecule has 12 heteroatoms. The summed E-state index contributed by atoms with van der Waals surface area (Å²) in [6, 6.07) is 1.21. The Morgan fingerprint density at radius 2 is 1.79 bits per heavy atom. The van der Waals surface area contributed by atoms with Crippen molar-refractivity contribution in [1.29, 1.82) is 0 Å². The number of carbonyl (C=O) groups is 1. The zero-order chi connectivity index (χ0) is 27.0. The van der Waals surface area contributed by atoms with Crippen LogP contribution in [0.15, 0.2) is 18.3 Å². The van der Waals surface area contributed by atoms with Crippen LogP contribution < -0.4 is 10.6 Å². The first kappa shape index (κ1) is 26.2. The fourth-order valence-electron chi connectivity index (χ4n) is 5.39. The number of nitrogens with zero attached hydrogens (tertiary/aromatic N) is 5. The number of ether oxygens (including phenoxy) is 1. The van der Waals surface area contributed by atoms with Crippen LogP contribution in [0.25, 0.3) is 11.2 Å². The van der Waals surface area contributed by atoms with E-state index in [-0.39, 0.29) is 36.0 Å². The summed E-state index contributed by atoms with van der Waals surface area (Å²) in [4.78, 5) is 28.5. The number of rotatable bonds is 7. The molecule has 1 aliphatic heterocycles. The van der Waals surface area contributed by atoms with Gasteiger partial charge >= 0.3 is 0 Å². The quantitative estimate of drug-likeness (QED) is 0.453. The molecule has 1 atom stereocenters. The lowest BCUT2D eigenvalue weighted by Gasteiger charge is -2.32. The molecule has 1 saturated heterocycles. The number of carbonyl (C=O) groups excluding carboxylic acids is 1. The third kappa shape index (κ3) is 5.27. The van der Waals surface area contributed by atoms with Gasteiger partial charge in [-0.05, 0) is 46.0 Å². The van der Waals surface area contributed by atoms with Crippen LogP contribution in [0.3, 0.4) is 0 Å². The molecule has 2 aromatic heterocycles. The van der Waals surface area contributed by atoms with E-state index < -0.39 is 23.1 Å². The topological polar surface area (TPSA) is 97.2 Å². The SMILES string of the molecule is COC1CCN(C(=O)C2CCC(n3c(Nc4c(F)cc(F)cc4F)nc4cnc(NC(C)C)nc43)CC2)C1. The zero-order valence-corrected chi connectivity index (χ0v) is 21.7. The number of amides is 1. The molecule has 1 unspecified atom stereocenters. The summed E-state index contributed by atoms with van der Waals surface area (Å²) < 4.78 is 49.7. The maximum absolute atomic E-state index is 14.5. The van der Waals surface area contributed by atoms with E-state index in [1.165, 1.54) is 0 Å². The van der Waals surface area contributed by atoms with Crippen molar-refractivity contribution < 1.29 is 22.7 Å². The molecule has 0 radical (unpaired) electrons. The summed E-state index contributed by atoms with van der Waals surface area (Å²) in [5, 5.41) is 5.90. The van der Waals surface area contributed by atoms with Gasteiger partial charge in [0, 0.05) is 50.3 Å². The molecule has 9 nitrogen and oxygen atoms in total. The van der Waals surface area contributed by atoms with Gasteiger partial charge in [-0.1, -0.05) is 0 Å². The van der Waals surface area contributed by atoms with Crippen LogP contribution in [0.2, 0.25) is 0 Å². The van der Waals surface area contributed by atoms with Crippen LogP contribution in [-0.4, -0.2) is 62.7 Å². The van der Waals surface area contributed by atoms with Gasteiger partial charge in [0.15, 0.2) is 17.3 Å². The first-order valence-electron chi connectivity index (χ1n) is 13.0. The molecule has 0 bridgehead atoms. The van der Waals surface area contributed by atoms with Gasteiger partial charge in [-0.3, -0.25) is 9.36 Å². The van der Waals surface area contributed by atoms with Gasteiger partial charge in [0.25, 0.3) is 0 Å². The standard InChI is InChI=1S/C26H32F3N7O2/c1-14(2)31-25-30-12-21-23(34-25)36(26(32-21)33-22-19(28)10-16(27)11-20(22)29)17-6-4-15(5-7-17)24(37)35-9-8-18(13-35)38-3/h10-12,14-15,17-18H,4-9,13H2,1-3H3,(H,32,33)(H,30,31,34). The Bertz CT molecular complexity index is 1300. The van der Waals surface area contributed by atoms with Crippen LogP contribution >= 0.6 is 0 Å². The van der Waals surface area contributed by atoms with Gasteiger partial charge in [0.05, 0.1) is 12.3 Å². The monoisotopic (exact) mass is 531 g/mol. The normalized spacial score (nSPS) is 21.9. The van der Waals surface area contributed by atoms with Crippen molar-refractivity contribution in [2.45, 2.75) is 64.1 Å². The van der Waals surface area contributed by atoms with Crippen LogP contribution in [0.5, 0.6) is 0 Å². The largest absolute Gasteiger partial charge is 0.380 e. The van der Waals surface area contributed by atoms with E-state index in [4.69, 9.17) is 4.74 Å². The molecule has 1 aromatic carbocycles. The molecule has 1 amide bonds. The maximum Gasteiger partial charge on any atom is 0.225 e. The van der Waals surface area contributed by atoms with E-state index in [2.05, 4.69) is 25.6 Å². The number of likely N-dealkylation sites (tertiary alicyclic amines) is 1. The van der Waals surface area contributed by atoms with Crippen molar-refractivity contribution in [3.05, 3.63) is 35.8 Å². The van der Waals surface area contributed by atoms with Crippen LogP contribution in [0.1, 0.15) is 52.0 Å². The van der Waals surface area contributed by atoms with Crippen molar-refractivity contribution in [2.75, 3.05) is 30.8 Å². The Balaban J connectivity index is 1.43. The zero-order valence-electron chi connectivity index (χ0n) is 21.7. The summed E-state index contributed by atoms with van der Waals surface area (Å²) in [7, 11) is 1.67. The number of halogens is 3. The van der Waals surface area contributed by atoms with Gasteiger partial charge < -0.3 is 20.3 Å². The van der Waals surface area contributed by atoms with Crippen LogP contribution in [-0.2, 0) is 9.53 Å². The van der Waals surface area contributed by atoms with Crippen molar-refractivity contribution in [2.24, 2.45) is 5.92 Å². The number of nitrogens with one attached hydrogen (secondary N) is 2. The minimum atomic E-state index is -1.07. The highest BCUT2D eigenvalue weighted by atomic mass is 19.1. The highest BCUT2D eigenvalue weighted by molar-refractivity contribution is 5.79. The highest BCUT2D eigenvalue weighted by Gasteiger charge is 2.35. The van der Waals surface area contributed by atoms with Crippen LogP contribution in [0, 0.1) is 23.4 Å². The van der Waals surface area contributed by atoms with Gasteiger partial charge in [0.2, 0.25) is 17.8 Å². The lowest BCUT2D eigenvalue weighted by Crippen LogP contribution is -2.37. The molecule has 2 aliphatic rings. The molecule has 1 saturated carbocycles. The van der Waals surface area contributed by atoms with E-state index >= 15 is 0 Å². The highest BCUT2D eigenvalue weighted by Crippen LogP contribution is 2.38. The maximum atomic E-state index is 14.5. The molecule has 1 aliphatic carbocycles. The molecule has 5 rings (SSSR count). The minimum absolute atomic E-state index is 0.0850. The molecule has 0 spiro atoms. The molecule has 3 aromatic rings. The summed E-state index contributed by atoms with van der Waals surface area (Å²) in [6.45, 7) is 5.25. The fourth-order valence-corrected chi connectivity index (χ4v) is 5.39. The second-order valence-electron chi connectivity index (χ2n) is 10.3. The molecule has 38 heavy (non-hydrogen) atoms. The Kier molecular flexibility index (Phi) is 7.42. The summed E-state index contributed by atoms with van der Waals surface area (Å²) in [5.41, 5.74) is 0.457. The third-order valence-electron chi connectivity index (χ3n) is 7.30. The van der Waals surface area contributed by atoms with Crippen molar-refractivity contribution in [1.82, 2.24) is 24.4 Å². The average molecular weight is 532 g/mol. The predicted octanol–water partition coefficient (Wildman–Crippen LogP) is 4.79. The Hall–Kier alpha value is -3.41. The second-order valence-corrected chi connectivity index (χ2v) is 10.3. The minimum Gasteiger partial charge on any atom is -0.380 e. The number of fused-ring (bicyclic) bond motifs is 1. The Labute approximate surface area is 218 Å². The van der Waals surface area contributed by atoms with E-state index in [0.717, 1.165) is 6.42 Å². The number of hydrogen-bond acceptors (Lipinski definition) is 7. The number of benzene rings is 1. The van der Waals surface area contributed by atoms with Gasteiger partial charge in [0.1, 0.15) is 17.0 Å². The van der Waals surface area contributed by atoms with E-state index in [1.54, 1.807) is 13.3 Å². The fraction of sp³-hybridized carbons (Fsp3) is 0.538. The number of hydrogen-bond donors (Lipinski definition) is 2. The summed E-state index contributed by atoms with van der Waals surface area (Å²) in [5.74, 6) is -2.49. The lowest BCUT2D eigenvalue weighted by atomic mass is 9.85. The Morgan fingerprint density at radius 3 is 2.42 bits per heavy atom. The van der Waals surface area contributed by atoms with Crippen LogP contribution in [0.4, 0.5) is 30.8 Å². The van der Waals surface area contributed by atoms with Gasteiger partial charge in [-0.25, -0.2) is 23.1 Å². The summed E-state index contributed by atoms with van der Waals surface area (Å²) in [6.07, 6.45) is 5.13. The number of anilines is 3. The summed E-state index contributed by atoms with van der Waals surface area (Å²) >= 11 is 0. The first-order valence-corrected chi connectivity index (χ1v) is 13.0. The van der Waals surface area contributed by atoms with Gasteiger partial charge in [-0.2, -0.15) is 4.98 Å². The third-order valence-corrected chi connectivity index (χ3v) is 7.30. The molecular weight excluding hydrogens is 499 g/mol. The number of aromatic nitrogens is 4. The van der Waals surface area contributed by atoms with E-state index in [1.807, 2.05) is 23.3 Å². The molecule has 3 heterocycles. The predicted molar refractivity (Wildman–Crippen MR) is 137 cm³/mol. The number of imidazole rings is 1. The van der Waals surface area contributed by atoms with E-state index in [9.17, 15) is 18.0 Å². The number of methoxy groups -OCH3 is 1. The van der Waals surface area contributed by atoms with Crippen molar-refractivity contribution in [3.8, 4) is 0 Å². The molecule has 2 fully saturated rings. The van der Waals surface area contributed by atoms with Crippen molar-refractivity contribution in [3.63, 3.8) is 0 Å².